The second kappa shape index (κ2) is 3.90. The molecule has 0 radical (unpaired) electrons. The molecule has 1 aromatic carbocycles. The van der Waals surface area contributed by atoms with E-state index in [1.165, 1.54) is 12.1 Å². The molecule has 1 heterocycles. The molecule has 1 aliphatic rings. The third-order valence-electron chi connectivity index (χ3n) is 2.86. The molecule has 4 nitrogen and oxygen atoms in total. The highest BCUT2D eigenvalue weighted by molar-refractivity contribution is 7.91. The van der Waals surface area contributed by atoms with Crippen LogP contribution >= 0.6 is 0 Å². The Kier molecular flexibility index (Phi) is 2.71. The van der Waals surface area contributed by atoms with Gasteiger partial charge in [-0.3, -0.25) is 0 Å². The number of hydrogen-bond donors (Lipinski definition) is 1. The van der Waals surface area contributed by atoms with Crippen molar-refractivity contribution in [1.29, 1.82) is 0 Å². The Bertz CT molecular complexity index is 501. The van der Waals surface area contributed by atoms with Gasteiger partial charge in [0.2, 0.25) is 0 Å². The van der Waals surface area contributed by atoms with Crippen molar-refractivity contribution < 1.29 is 18.3 Å². The van der Waals surface area contributed by atoms with Crippen LogP contribution in [0.25, 0.3) is 0 Å². The number of carboxylic acids is 1. The molecule has 0 bridgehead atoms. The molecule has 1 N–H and O–H groups in total. The minimum Gasteiger partial charge on any atom is -0.478 e. The minimum atomic E-state index is -2.89. The second-order valence-corrected chi connectivity index (χ2v) is 6.26. The molecule has 1 aliphatic heterocycles. The van der Waals surface area contributed by atoms with Gasteiger partial charge in [-0.05, 0) is 30.0 Å². The third-order valence-corrected chi connectivity index (χ3v) is 4.63. The van der Waals surface area contributed by atoms with Crippen LogP contribution in [0.3, 0.4) is 0 Å². The molecule has 0 aromatic heterocycles. The number of sulfone groups is 1. The van der Waals surface area contributed by atoms with Gasteiger partial charge in [0, 0.05) is 0 Å². The van der Waals surface area contributed by atoms with Crippen molar-refractivity contribution in [3.05, 3.63) is 35.4 Å². The van der Waals surface area contributed by atoms with E-state index in [0.29, 0.717) is 6.42 Å². The van der Waals surface area contributed by atoms with Crippen molar-refractivity contribution in [3.8, 4) is 0 Å². The van der Waals surface area contributed by atoms with Gasteiger partial charge in [0.05, 0.1) is 17.1 Å². The topological polar surface area (TPSA) is 71.4 Å². The number of carbonyl (C=O) groups is 1. The van der Waals surface area contributed by atoms with Crippen LogP contribution in [0.5, 0.6) is 0 Å². The van der Waals surface area contributed by atoms with E-state index in [1.54, 1.807) is 12.1 Å². The molecule has 1 fully saturated rings. The van der Waals surface area contributed by atoms with Gasteiger partial charge in [-0.1, -0.05) is 12.1 Å². The van der Waals surface area contributed by atoms with E-state index in [9.17, 15) is 13.2 Å². The summed E-state index contributed by atoms with van der Waals surface area (Å²) in [5.74, 6) is -0.531. The molecule has 1 aromatic rings. The van der Waals surface area contributed by atoms with Crippen LogP contribution in [0.15, 0.2) is 24.3 Å². The highest BCUT2D eigenvalue weighted by atomic mass is 32.2. The van der Waals surface area contributed by atoms with Crippen LogP contribution in [0.4, 0.5) is 0 Å². The van der Waals surface area contributed by atoms with Crippen LogP contribution in [0, 0.1) is 0 Å². The Labute approximate surface area is 93.8 Å². The zero-order valence-electron chi connectivity index (χ0n) is 8.59. The van der Waals surface area contributed by atoms with E-state index in [2.05, 4.69) is 0 Å². The summed E-state index contributed by atoms with van der Waals surface area (Å²) < 4.78 is 22.6. The van der Waals surface area contributed by atoms with Crippen molar-refractivity contribution in [3.63, 3.8) is 0 Å². The summed E-state index contributed by atoms with van der Waals surface area (Å²) in [6.45, 7) is 0. The SMILES string of the molecule is O=C(O)c1ccc(C2CCS(=O)(=O)C2)cc1. The number of hydrogen-bond acceptors (Lipinski definition) is 3. The second-order valence-electron chi connectivity index (χ2n) is 4.03. The summed E-state index contributed by atoms with van der Waals surface area (Å²) >= 11 is 0. The molecule has 1 saturated heterocycles. The number of rotatable bonds is 2. The van der Waals surface area contributed by atoms with Gasteiger partial charge >= 0.3 is 5.97 Å². The van der Waals surface area contributed by atoms with Crippen LogP contribution in [0.1, 0.15) is 28.3 Å². The lowest BCUT2D eigenvalue weighted by atomic mass is 9.98. The van der Waals surface area contributed by atoms with Crippen molar-refractivity contribution in [2.45, 2.75) is 12.3 Å². The first kappa shape index (κ1) is 11.1. The quantitative estimate of drug-likeness (QED) is 0.845. The first-order chi connectivity index (χ1) is 7.48. The van der Waals surface area contributed by atoms with Crippen LogP contribution in [-0.4, -0.2) is 31.0 Å². The fraction of sp³-hybridized carbons (Fsp3) is 0.364. The third kappa shape index (κ3) is 2.24. The summed E-state index contributed by atoms with van der Waals surface area (Å²) in [6, 6.07) is 6.44. The van der Waals surface area contributed by atoms with E-state index in [0.717, 1.165) is 5.56 Å². The summed E-state index contributed by atoms with van der Waals surface area (Å²) in [6.07, 6.45) is 0.634. The lowest BCUT2D eigenvalue weighted by molar-refractivity contribution is 0.0697. The largest absolute Gasteiger partial charge is 0.478 e. The van der Waals surface area contributed by atoms with E-state index in [4.69, 9.17) is 5.11 Å². The molecule has 86 valence electrons. The average molecular weight is 240 g/mol. The predicted octanol–water partition coefficient (Wildman–Crippen LogP) is 1.29. The van der Waals surface area contributed by atoms with Crippen LogP contribution in [-0.2, 0) is 9.84 Å². The van der Waals surface area contributed by atoms with Crippen LogP contribution in [0.2, 0.25) is 0 Å². The van der Waals surface area contributed by atoms with Gasteiger partial charge in [-0.15, -0.1) is 0 Å². The van der Waals surface area contributed by atoms with E-state index in [1.807, 2.05) is 0 Å². The van der Waals surface area contributed by atoms with Gasteiger partial charge < -0.3 is 5.11 Å². The zero-order valence-corrected chi connectivity index (χ0v) is 9.40. The Morgan fingerprint density at radius 1 is 1.25 bits per heavy atom. The molecule has 16 heavy (non-hydrogen) atoms. The lowest BCUT2D eigenvalue weighted by Gasteiger charge is -2.07. The molecular formula is C11H12O4S. The summed E-state index contributed by atoms with van der Waals surface area (Å²) in [5, 5.41) is 8.73. The Balaban J connectivity index is 2.20. The lowest BCUT2D eigenvalue weighted by Crippen LogP contribution is -2.04. The normalized spacial score (nSPS) is 23.1. The molecule has 0 amide bonds. The molecule has 2 rings (SSSR count). The highest BCUT2D eigenvalue weighted by Gasteiger charge is 2.28. The van der Waals surface area contributed by atoms with E-state index < -0.39 is 15.8 Å². The van der Waals surface area contributed by atoms with Crippen molar-refractivity contribution >= 4 is 15.8 Å². The monoisotopic (exact) mass is 240 g/mol. The number of carboxylic acid groups (broad SMARTS) is 1. The van der Waals surface area contributed by atoms with E-state index in [-0.39, 0.29) is 23.0 Å². The van der Waals surface area contributed by atoms with Gasteiger partial charge in [0.25, 0.3) is 0 Å². The van der Waals surface area contributed by atoms with Gasteiger partial charge in [0.15, 0.2) is 9.84 Å². The first-order valence-electron chi connectivity index (χ1n) is 5.01. The smallest absolute Gasteiger partial charge is 0.335 e. The van der Waals surface area contributed by atoms with Crippen molar-refractivity contribution in [2.75, 3.05) is 11.5 Å². The number of aromatic carboxylic acids is 1. The molecule has 0 saturated carbocycles. The maximum atomic E-state index is 11.3. The Morgan fingerprint density at radius 3 is 2.31 bits per heavy atom. The van der Waals surface area contributed by atoms with Crippen LogP contribution < -0.4 is 0 Å². The molecular weight excluding hydrogens is 228 g/mol. The maximum absolute atomic E-state index is 11.3. The predicted molar refractivity (Wildman–Crippen MR) is 59.4 cm³/mol. The summed E-state index contributed by atoms with van der Waals surface area (Å²) in [4.78, 5) is 10.6. The molecule has 1 unspecified atom stereocenters. The summed E-state index contributed by atoms with van der Waals surface area (Å²) in [5.41, 5.74) is 1.13. The first-order valence-corrected chi connectivity index (χ1v) is 6.84. The standard InChI is InChI=1S/C11H12O4S/c12-11(13)9-3-1-8(2-4-9)10-5-6-16(14,15)7-10/h1-4,10H,5-7H2,(H,12,13). The molecule has 0 spiro atoms. The maximum Gasteiger partial charge on any atom is 0.335 e. The highest BCUT2D eigenvalue weighted by Crippen LogP contribution is 2.28. The fourth-order valence-electron chi connectivity index (χ4n) is 1.96. The van der Waals surface area contributed by atoms with Gasteiger partial charge in [-0.25, -0.2) is 13.2 Å². The van der Waals surface area contributed by atoms with Gasteiger partial charge in [-0.2, -0.15) is 0 Å². The molecule has 5 heteroatoms. The minimum absolute atomic E-state index is 0.0212. The van der Waals surface area contributed by atoms with Crippen molar-refractivity contribution in [1.82, 2.24) is 0 Å². The fourth-order valence-corrected chi connectivity index (χ4v) is 3.74. The van der Waals surface area contributed by atoms with Crippen molar-refractivity contribution in [2.24, 2.45) is 0 Å². The van der Waals surface area contributed by atoms with E-state index >= 15 is 0 Å². The average Bonchev–Trinajstić information content (AvgIpc) is 2.59. The molecule has 1 atom stereocenters. The summed E-state index contributed by atoms with van der Waals surface area (Å²) in [7, 11) is -2.89. The number of benzene rings is 1. The zero-order chi connectivity index (χ0) is 11.8. The molecule has 0 aliphatic carbocycles. The van der Waals surface area contributed by atoms with Gasteiger partial charge in [0.1, 0.15) is 0 Å². The Hall–Kier alpha value is -1.36. The Morgan fingerprint density at radius 2 is 1.88 bits per heavy atom.